The Hall–Kier alpha value is -1.40. The molecule has 0 bridgehead atoms. The van der Waals surface area contributed by atoms with E-state index in [1.54, 1.807) is 0 Å². The molecule has 7 heteroatoms. The predicted octanol–water partition coefficient (Wildman–Crippen LogP) is 2.53. The van der Waals surface area contributed by atoms with E-state index in [0.717, 1.165) is 6.42 Å². The highest BCUT2D eigenvalue weighted by atomic mass is 35.5. The average molecular weight is 293 g/mol. The molecule has 106 valence electrons. The van der Waals surface area contributed by atoms with Crippen LogP contribution in [0.15, 0.2) is 24.3 Å². The van der Waals surface area contributed by atoms with Crippen molar-refractivity contribution in [2.45, 2.75) is 31.4 Å². The highest BCUT2D eigenvalue weighted by Gasteiger charge is 2.40. The van der Waals surface area contributed by atoms with Crippen molar-refractivity contribution in [1.29, 1.82) is 0 Å². The molecule has 0 aliphatic heterocycles. The van der Waals surface area contributed by atoms with Crippen LogP contribution in [0.2, 0.25) is 0 Å². The number of hydrogen-bond acceptors (Lipinski definition) is 3. The summed E-state index contributed by atoms with van der Waals surface area (Å²) in [4.78, 5) is 11.8. The summed E-state index contributed by atoms with van der Waals surface area (Å²) in [6.45, 7) is -2.85. The van der Waals surface area contributed by atoms with E-state index in [2.05, 4.69) is 10.1 Å². The van der Waals surface area contributed by atoms with Crippen LogP contribution in [0.4, 0.5) is 14.5 Å². The third kappa shape index (κ3) is 3.78. The molecule has 0 radical (unpaired) electrons. The normalized spacial score (nSPS) is 16.2. The summed E-state index contributed by atoms with van der Waals surface area (Å²) >= 11 is 0. The third-order valence-electron chi connectivity index (χ3n) is 3.04. The first-order valence-corrected chi connectivity index (χ1v) is 5.65. The number of rotatable bonds is 4. The van der Waals surface area contributed by atoms with E-state index in [-0.39, 0.29) is 24.1 Å². The molecule has 1 aromatic rings. The number of nitrogens with two attached hydrogens (primary N) is 1. The van der Waals surface area contributed by atoms with Crippen molar-refractivity contribution >= 4 is 24.0 Å². The predicted molar refractivity (Wildman–Crippen MR) is 69.7 cm³/mol. The minimum absolute atomic E-state index is 0. The minimum atomic E-state index is -2.85. The van der Waals surface area contributed by atoms with Gasteiger partial charge in [0.1, 0.15) is 5.75 Å². The molecule has 1 amide bonds. The monoisotopic (exact) mass is 292 g/mol. The topological polar surface area (TPSA) is 64.4 Å². The number of alkyl halides is 2. The molecule has 1 aliphatic carbocycles. The van der Waals surface area contributed by atoms with Crippen LogP contribution in [0.25, 0.3) is 0 Å². The lowest BCUT2D eigenvalue weighted by atomic mass is 9.77. The molecule has 1 fully saturated rings. The smallest absolute Gasteiger partial charge is 0.387 e. The fourth-order valence-corrected chi connectivity index (χ4v) is 1.76. The number of carbonyl (C=O) groups is 1. The van der Waals surface area contributed by atoms with Crippen molar-refractivity contribution in [3.8, 4) is 5.75 Å². The van der Waals surface area contributed by atoms with E-state index in [9.17, 15) is 13.6 Å². The first-order chi connectivity index (χ1) is 8.49. The number of carbonyl (C=O) groups excluding carboxylic acids is 1. The van der Waals surface area contributed by atoms with Crippen molar-refractivity contribution in [2.75, 3.05) is 5.32 Å². The Balaban J connectivity index is 0.00000180. The van der Waals surface area contributed by atoms with Crippen LogP contribution < -0.4 is 15.8 Å². The first-order valence-electron chi connectivity index (χ1n) is 5.65. The zero-order chi connectivity index (χ0) is 13.2. The van der Waals surface area contributed by atoms with Gasteiger partial charge in [-0.15, -0.1) is 12.4 Å². The number of amides is 1. The van der Waals surface area contributed by atoms with Crippen LogP contribution in [0.3, 0.4) is 0 Å². The van der Waals surface area contributed by atoms with Crippen molar-refractivity contribution in [3.63, 3.8) is 0 Å². The van der Waals surface area contributed by atoms with E-state index in [0.29, 0.717) is 18.5 Å². The van der Waals surface area contributed by atoms with Crippen LogP contribution in [-0.2, 0) is 4.79 Å². The van der Waals surface area contributed by atoms with Gasteiger partial charge in [-0.3, -0.25) is 4.79 Å². The molecule has 4 nitrogen and oxygen atoms in total. The van der Waals surface area contributed by atoms with Gasteiger partial charge in [0.05, 0.1) is 5.54 Å². The van der Waals surface area contributed by atoms with E-state index >= 15 is 0 Å². The quantitative estimate of drug-likeness (QED) is 0.896. The van der Waals surface area contributed by atoms with Gasteiger partial charge in [0.25, 0.3) is 0 Å². The lowest BCUT2D eigenvalue weighted by Crippen LogP contribution is -2.56. The highest BCUT2D eigenvalue weighted by Crippen LogP contribution is 2.30. The lowest BCUT2D eigenvalue weighted by molar-refractivity contribution is -0.123. The maximum absolute atomic E-state index is 11.9. The van der Waals surface area contributed by atoms with Crippen LogP contribution in [0.1, 0.15) is 19.3 Å². The van der Waals surface area contributed by atoms with Crippen molar-refractivity contribution in [1.82, 2.24) is 0 Å². The Bertz CT molecular complexity index is 436. The molecular weight excluding hydrogens is 278 g/mol. The molecule has 0 heterocycles. The molecule has 0 saturated heterocycles. The summed E-state index contributed by atoms with van der Waals surface area (Å²) in [7, 11) is 0. The molecule has 0 spiro atoms. The zero-order valence-corrected chi connectivity index (χ0v) is 10.9. The summed E-state index contributed by atoms with van der Waals surface area (Å²) in [5, 5.41) is 2.66. The Morgan fingerprint density at radius 2 is 1.89 bits per heavy atom. The molecule has 0 aromatic heterocycles. The fourth-order valence-electron chi connectivity index (χ4n) is 1.76. The molecule has 3 N–H and O–H groups in total. The van der Waals surface area contributed by atoms with Gasteiger partial charge >= 0.3 is 6.61 Å². The second kappa shape index (κ2) is 6.16. The van der Waals surface area contributed by atoms with E-state index < -0.39 is 12.2 Å². The fraction of sp³-hybridized carbons (Fsp3) is 0.417. The second-order valence-corrected chi connectivity index (χ2v) is 4.37. The maximum Gasteiger partial charge on any atom is 0.387 e. The average Bonchev–Trinajstić information content (AvgIpc) is 2.28. The van der Waals surface area contributed by atoms with Gasteiger partial charge in [-0.25, -0.2) is 0 Å². The second-order valence-electron chi connectivity index (χ2n) is 4.37. The van der Waals surface area contributed by atoms with Crippen molar-refractivity contribution in [3.05, 3.63) is 24.3 Å². The molecule has 2 rings (SSSR count). The summed E-state index contributed by atoms with van der Waals surface area (Å²) < 4.78 is 28.1. The van der Waals surface area contributed by atoms with Gasteiger partial charge in [0.2, 0.25) is 5.91 Å². The molecule has 0 unspecified atom stereocenters. The Labute approximate surface area is 115 Å². The van der Waals surface area contributed by atoms with Crippen molar-refractivity contribution < 1.29 is 18.3 Å². The maximum atomic E-state index is 11.9. The van der Waals surface area contributed by atoms with Gasteiger partial charge in [-0.1, -0.05) is 0 Å². The van der Waals surface area contributed by atoms with Crippen LogP contribution in [-0.4, -0.2) is 18.1 Å². The molecular formula is C12H15ClF2N2O2. The van der Waals surface area contributed by atoms with E-state index in [1.165, 1.54) is 24.3 Å². The van der Waals surface area contributed by atoms with Gasteiger partial charge in [-0.2, -0.15) is 8.78 Å². The molecule has 1 aromatic carbocycles. The number of anilines is 1. The SMILES string of the molecule is Cl.NC1(C(=O)Nc2ccc(OC(F)F)cc2)CCC1. The summed E-state index contributed by atoms with van der Waals surface area (Å²) in [6, 6.07) is 5.73. The number of hydrogen-bond donors (Lipinski definition) is 2. The van der Waals surface area contributed by atoms with Gasteiger partial charge in [0.15, 0.2) is 0 Å². The largest absolute Gasteiger partial charge is 0.435 e. The van der Waals surface area contributed by atoms with Gasteiger partial charge in [0, 0.05) is 5.69 Å². The van der Waals surface area contributed by atoms with Crippen LogP contribution in [0, 0.1) is 0 Å². The van der Waals surface area contributed by atoms with Gasteiger partial charge < -0.3 is 15.8 Å². The van der Waals surface area contributed by atoms with Crippen LogP contribution in [0.5, 0.6) is 5.75 Å². The lowest BCUT2D eigenvalue weighted by Gasteiger charge is -2.36. The first kappa shape index (κ1) is 15.7. The minimum Gasteiger partial charge on any atom is -0.435 e. The highest BCUT2D eigenvalue weighted by molar-refractivity contribution is 5.98. The van der Waals surface area contributed by atoms with Crippen molar-refractivity contribution in [2.24, 2.45) is 5.73 Å². The third-order valence-corrected chi connectivity index (χ3v) is 3.04. The standard InChI is InChI=1S/C12H14F2N2O2.ClH/c13-11(14)18-9-4-2-8(3-5-9)16-10(17)12(15)6-1-7-12;/h2-5,11H,1,6-7,15H2,(H,16,17);1H. The van der Waals surface area contributed by atoms with E-state index in [4.69, 9.17) is 5.73 Å². The Kier molecular flexibility index (Phi) is 5.08. The number of nitrogens with one attached hydrogen (secondary N) is 1. The van der Waals surface area contributed by atoms with Crippen LogP contribution >= 0.6 is 12.4 Å². The summed E-state index contributed by atoms with van der Waals surface area (Å²) in [5.74, 6) is -0.189. The summed E-state index contributed by atoms with van der Waals surface area (Å²) in [5.41, 5.74) is 5.59. The van der Waals surface area contributed by atoms with E-state index in [1.807, 2.05) is 0 Å². The summed E-state index contributed by atoms with van der Waals surface area (Å²) in [6.07, 6.45) is 2.29. The number of halogens is 3. The Morgan fingerprint density at radius 3 is 2.32 bits per heavy atom. The molecule has 1 aliphatic rings. The molecule has 19 heavy (non-hydrogen) atoms. The number of ether oxygens (including phenoxy) is 1. The molecule has 0 atom stereocenters. The van der Waals surface area contributed by atoms with Gasteiger partial charge in [-0.05, 0) is 43.5 Å². The molecule has 1 saturated carbocycles. The Morgan fingerprint density at radius 1 is 1.32 bits per heavy atom. The number of benzene rings is 1. The zero-order valence-electron chi connectivity index (χ0n) is 10.1.